The number of amides is 1. The normalized spacial score (nSPS) is 10.4. The molecule has 0 atom stereocenters. The van der Waals surface area contributed by atoms with E-state index in [4.69, 9.17) is 0 Å². The summed E-state index contributed by atoms with van der Waals surface area (Å²) in [4.78, 5) is 16.3. The highest BCUT2D eigenvalue weighted by atomic mass is 16.1. The van der Waals surface area contributed by atoms with Gasteiger partial charge in [-0.2, -0.15) is 0 Å². The van der Waals surface area contributed by atoms with Gasteiger partial charge in [-0.15, -0.1) is 0 Å². The number of aromatic nitrogens is 2. The van der Waals surface area contributed by atoms with Crippen LogP contribution in [0.1, 0.15) is 22.8 Å². The predicted octanol–water partition coefficient (Wildman–Crippen LogP) is 3.69. The van der Waals surface area contributed by atoms with Crippen molar-refractivity contribution >= 4 is 11.6 Å². The molecule has 0 bridgehead atoms. The van der Waals surface area contributed by atoms with E-state index in [-0.39, 0.29) is 5.91 Å². The summed E-state index contributed by atoms with van der Waals surface area (Å²) in [5.74, 6) is -0.106. The minimum Gasteiger partial charge on any atom is -0.322 e. The van der Waals surface area contributed by atoms with Gasteiger partial charge in [0.2, 0.25) is 0 Å². The molecular formula is C18H17N3O. The van der Waals surface area contributed by atoms with Gasteiger partial charge >= 0.3 is 0 Å². The second kappa shape index (κ2) is 6.26. The van der Waals surface area contributed by atoms with Gasteiger partial charge in [-0.1, -0.05) is 19.1 Å². The number of hydrogen-bond acceptors (Lipinski definition) is 2. The standard InChI is InChI=1S/C18H17N3O/c1-2-14-4-3-5-16(12-14)20-18(22)15-6-8-17(9-7-15)21-11-10-19-13-21/h3-13H,2H2,1H3,(H,20,22). The molecular weight excluding hydrogens is 274 g/mol. The first-order valence-corrected chi connectivity index (χ1v) is 7.25. The number of carbonyl (C=O) groups excluding carboxylic acids is 1. The van der Waals surface area contributed by atoms with Crippen molar-refractivity contribution in [2.45, 2.75) is 13.3 Å². The lowest BCUT2D eigenvalue weighted by molar-refractivity contribution is 0.102. The first kappa shape index (κ1) is 14.1. The molecule has 0 saturated heterocycles. The Morgan fingerprint density at radius 3 is 2.68 bits per heavy atom. The van der Waals surface area contributed by atoms with Crippen molar-refractivity contribution in [1.29, 1.82) is 0 Å². The average Bonchev–Trinajstić information content (AvgIpc) is 3.09. The third kappa shape index (κ3) is 3.06. The van der Waals surface area contributed by atoms with Gasteiger partial charge in [0.25, 0.3) is 5.91 Å². The zero-order valence-electron chi connectivity index (χ0n) is 12.4. The fourth-order valence-electron chi connectivity index (χ4n) is 2.27. The highest BCUT2D eigenvalue weighted by Crippen LogP contribution is 2.14. The van der Waals surface area contributed by atoms with Crippen LogP contribution in [0, 0.1) is 0 Å². The molecule has 1 N–H and O–H groups in total. The zero-order valence-corrected chi connectivity index (χ0v) is 12.4. The number of rotatable bonds is 4. The molecule has 0 spiro atoms. The monoisotopic (exact) mass is 291 g/mol. The maximum Gasteiger partial charge on any atom is 0.255 e. The summed E-state index contributed by atoms with van der Waals surface area (Å²) < 4.78 is 1.90. The van der Waals surface area contributed by atoms with Gasteiger partial charge in [0.05, 0.1) is 6.33 Å². The maximum absolute atomic E-state index is 12.3. The third-order valence-electron chi connectivity index (χ3n) is 3.53. The maximum atomic E-state index is 12.3. The first-order chi connectivity index (χ1) is 10.8. The van der Waals surface area contributed by atoms with Gasteiger partial charge < -0.3 is 9.88 Å². The molecule has 0 fully saturated rings. The van der Waals surface area contributed by atoms with Gasteiger partial charge in [0.1, 0.15) is 0 Å². The van der Waals surface area contributed by atoms with Crippen molar-refractivity contribution in [2.75, 3.05) is 5.32 Å². The fraction of sp³-hybridized carbons (Fsp3) is 0.111. The summed E-state index contributed by atoms with van der Waals surface area (Å²) in [5.41, 5.74) is 3.63. The van der Waals surface area contributed by atoms with E-state index in [1.54, 1.807) is 12.5 Å². The van der Waals surface area contributed by atoms with Crippen LogP contribution < -0.4 is 5.32 Å². The zero-order chi connectivity index (χ0) is 15.4. The van der Waals surface area contributed by atoms with Crippen LogP contribution in [0.15, 0.2) is 67.3 Å². The lowest BCUT2D eigenvalue weighted by atomic mass is 10.1. The van der Waals surface area contributed by atoms with Crippen LogP contribution in [-0.2, 0) is 6.42 Å². The summed E-state index contributed by atoms with van der Waals surface area (Å²) in [6, 6.07) is 15.3. The summed E-state index contributed by atoms with van der Waals surface area (Å²) >= 11 is 0. The molecule has 1 heterocycles. The van der Waals surface area contributed by atoms with Gasteiger partial charge in [0.15, 0.2) is 0 Å². The summed E-state index contributed by atoms with van der Waals surface area (Å²) in [7, 11) is 0. The Morgan fingerprint density at radius 1 is 1.18 bits per heavy atom. The van der Waals surface area contributed by atoms with Crippen LogP contribution in [-0.4, -0.2) is 15.5 Å². The van der Waals surface area contributed by atoms with E-state index in [1.165, 1.54) is 5.56 Å². The van der Waals surface area contributed by atoms with E-state index >= 15 is 0 Å². The number of anilines is 1. The van der Waals surface area contributed by atoms with Gasteiger partial charge in [-0.25, -0.2) is 4.98 Å². The molecule has 22 heavy (non-hydrogen) atoms. The van der Waals surface area contributed by atoms with Crippen molar-refractivity contribution in [3.63, 3.8) is 0 Å². The van der Waals surface area contributed by atoms with Crippen LogP contribution in [0.25, 0.3) is 5.69 Å². The summed E-state index contributed by atoms with van der Waals surface area (Å²) in [6.07, 6.45) is 6.27. The predicted molar refractivity (Wildman–Crippen MR) is 87.3 cm³/mol. The van der Waals surface area contributed by atoms with E-state index in [0.717, 1.165) is 17.8 Å². The minimum atomic E-state index is -0.106. The lowest BCUT2D eigenvalue weighted by Crippen LogP contribution is -2.12. The molecule has 3 rings (SSSR count). The highest BCUT2D eigenvalue weighted by molar-refractivity contribution is 6.04. The molecule has 0 aliphatic carbocycles. The van der Waals surface area contributed by atoms with E-state index < -0.39 is 0 Å². The van der Waals surface area contributed by atoms with Crippen LogP contribution in [0.2, 0.25) is 0 Å². The summed E-state index contributed by atoms with van der Waals surface area (Å²) in [5, 5.41) is 2.93. The largest absolute Gasteiger partial charge is 0.322 e. The molecule has 110 valence electrons. The van der Waals surface area contributed by atoms with Crippen molar-refractivity contribution in [3.8, 4) is 5.69 Å². The van der Waals surface area contributed by atoms with E-state index in [2.05, 4.69) is 23.3 Å². The minimum absolute atomic E-state index is 0.106. The van der Waals surface area contributed by atoms with E-state index in [0.29, 0.717) is 5.56 Å². The second-order valence-electron chi connectivity index (χ2n) is 5.02. The fourth-order valence-corrected chi connectivity index (χ4v) is 2.27. The Labute approximate surface area is 129 Å². The van der Waals surface area contributed by atoms with Crippen molar-refractivity contribution in [3.05, 3.63) is 78.4 Å². The number of aryl methyl sites for hydroxylation is 1. The molecule has 4 heteroatoms. The van der Waals surface area contributed by atoms with Crippen LogP contribution in [0.3, 0.4) is 0 Å². The Bertz CT molecular complexity index is 761. The highest BCUT2D eigenvalue weighted by Gasteiger charge is 2.06. The van der Waals surface area contributed by atoms with Gasteiger partial charge in [-0.05, 0) is 48.4 Å². The number of nitrogens with zero attached hydrogens (tertiary/aromatic N) is 2. The van der Waals surface area contributed by atoms with E-state index in [9.17, 15) is 4.79 Å². The van der Waals surface area contributed by atoms with Gasteiger partial charge in [0, 0.05) is 29.3 Å². The molecule has 0 aliphatic rings. The molecule has 1 aromatic heterocycles. The number of carbonyl (C=O) groups is 1. The van der Waals surface area contributed by atoms with Crippen LogP contribution in [0.5, 0.6) is 0 Å². The van der Waals surface area contributed by atoms with Crippen LogP contribution in [0.4, 0.5) is 5.69 Å². The van der Waals surface area contributed by atoms with Gasteiger partial charge in [-0.3, -0.25) is 4.79 Å². The molecule has 1 amide bonds. The molecule has 0 aliphatic heterocycles. The molecule has 0 unspecified atom stereocenters. The Balaban J connectivity index is 1.74. The quantitative estimate of drug-likeness (QED) is 0.797. The number of imidazole rings is 1. The van der Waals surface area contributed by atoms with Crippen molar-refractivity contribution < 1.29 is 4.79 Å². The lowest BCUT2D eigenvalue weighted by Gasteiger charge is -2.08. The second-order valence-corrected chi connectivity index (χ2v) is 5.02. The Hall–Kier alpha value is -2.88. The van der Waals surface area contributed by atoms with Crippen molar-refractivity contribution in [2.24, 2.45) is 0 Å². The van der Waals surface area contributed by atoms with Crippen molar-refractivity contribution in [1.82, 2.24) is 9.55 Å². The Kier molecular flexibility index (Phi) is 4.01. The summed E-state index contributed by atoms with van der Waals surface area (Å²) in [6.45, 7) is 2.09. The third-order valence-corrected chi connectivity index (χ3v) is 3.53. The number of hydrogen-bond donors (Lipinski definition) is 1. The topological polar surface area (TPSA) is 46.9 Å². The average molecular weight is 291 g/mol. The Morgan fingerprint density at radius 2 is 2.00 bits per heavy atom. The molecule has 3 aromatic rings. The smallest absolute Gasteiger partial charge is 0.255 e. The number of benzene rings is 2. The first-order valence-electron chi connectivity index (χ1n) is 7.25. The molecule has 2 aromatic carbocycles. The molecule has 0 saturated carbocycles. The van der Waals surface area contributed by atoms with E-state index in [1.807, 2.05) is 53.2 Å². The molecule has 4 nitrogen and oxygen atoms in total. The van der Waals surface area contributed by atoms with Crippen LogP contribution >= 0.6 is 0 Å². The SMILES string of the molecule is CCc1cccc(NC(=O)c2ccc(-n3ccnc3)cc2)c1. The number of nitrogens with one attached hydrogen (secondary N) is 1. The molecule has 0 radical (unpaired) electrons.